The molecule has 0 bridgehead atoms. The molecule has 19 heavy (non-hydrogen) atoms. The fourth-order valence-electron chi connectivity index (χ4n) is 2.18. The smallest absolute Gasteiger partial charge is 0.123 e. The quantitative estimate of drug-likeness (QED) is 0.852. The Bertz CT molecular complexity index is 484. The molecule has 1 aromatic carbocycles. The highest BCUT2D eigenvalue weighted by Crippen LogP contribution is 2.44. The number of hydrogen-bond donors (Lipinski definition) is 1. The Morgan fingerprint density at radius 1 is 1.42 bits per heavy atom. The number of rotatable bonds is 6. The Balaban J connectivity index is 1.98. The lowest BCUT2D eigenvalue weighted by molar-refractivity contribution is 0.406. The molecule has 2 rings (SSSR count). The minimum absolute atomic E-state index is 0.0922. The van der Waals surface area contributed by atoms with Crippen molar-refractivity contribution < 1.29 is 4.74 Å². The standard InChI is InChI=1S/C16H22N2O/c1-12(2)13-4-5-14(15(8-13)19-3)9-18-11-16(10-17)6-7-16/h4-5,8,12,18H,6-7,9,11H2,1-3H3. The lowest BCUT2D eigenvalue weighted by Crippen LogP contribution is -2.22. The molecule has 0 unspecified atom stereocenters. The van der Waals surface area contributed by atoms with Gasteiger partial charge < -0.3 is 10.1 Å². The third kappa shape index (κ3) is 3.27. The first-order valence-corrected chi connectivity index (χ1v) is 6.89. The van der Waals surface area contributed by atoms with Crippen molar-refractivity contribution in [3.05, 3.63) is 29.3 Å². The van der Waals surface area contributed by atoms with Gasteiger partial charge >= 0.3 is 0 Å². The summed E-state index contributed by atoms with van der Waals surface area (Å²) >= 11 is 0. The Morgan fingerprint density at radius 3 is 2.68 bits per heavy atom. The summed E-state index contributed by atoms with van der Waals surface area (Å²) in [4.78, 5) is 0. The van der Waals surface area contributed by atoms with E-state index in [-0.39, 0.29) is 5.41 Å². The molecule has 0 radical (unpaired) electrons. The largest absolute Gasteiger partial charge is 0.496 e. The Hall–Kier alpha value is -1.53. The van der Waals surface area contributed by atoms with Crippen LogP contribution in [0.1, 0.15) is 43.7 Å². The van der Waals surface area contributed by atoms with E-state index in [0.717, 1.165) is 37.2 Å². The van der Waals surface area contributed by atoms with E-state index in [9.17, 15) is 0 Å². The topological polar surface area (TPSA) is 45.0 Å². The summed E-state index contributed by atoms with van der Waals surface area (Å²) in [6, 6.07) is 8.78. The van der Waals surface area contributed by atoms with Gasteiger partial charge in [-0.25, -0.2) is 0 Å². The van der Waals surface area contributed by atoms with Crippen LogP contribution in [0.5, 0.6) is 5.75 Å². The summed E-state index contributed by atoms with van der Waals surface area (Å²) in [7, 11) is 1.71. The summed E-state index contributed by atoms with van der Waals surface area (Å²) in [5.74, 6) is 1.43. The normalized spacial score (nSPS) is 16.2. The van der Waals surface area contributed by atoms with Crippen molar-refractivity contribution >= 4 is 0 Å². The van der Waals surface area contributed by atoms with E-state index in [2.05, 4.69) is 43.4 Å². The van der Waals surface area contributed by atoms with Gasteiger partial charge in [-0.05, 0) is 30.4 Å². The van der Waals surface area contributed by atoms with Gasteiger partial charge in [-0.2, -0.15) is 5.26 Å². The van der Waals surface area contributed by atoms with Gasteiger partial charge in [0.05, 0.1) is 18.6 Å². The van der Waals surface area contributed by atoms with E-state index in [1.165, 1.54) is 5.56 Å². The highest BCUT2D eigenvalue weighted by atomic mass is 16.5. The monoisotopic (exact) mass is 258 g/mol. The molecule has 0 heterocycles. The maximum Gasteiger partial charge on any atom is 0.123 e. The number of ether oxygens (including phenoxy) is 1. The van der Waals surface area contributed by atoms with Crippen LogP contribution in [0, 0.1) is 16.7 Å². The van der Waals surface area contributed by atoms with Crippen LogP contribution < -0.4 is 10.1 Å². The van der Waals surface area contributed by atoms with Crippen LogP contribution in [0.15, 0.2) is 18.2 Å². The maximum atomic E-state index is 9.04. The number of benzene rings is 1. The second-order valence-corrected chi connectivity index (χ2v) is 5.72. The molecule has 1 aromatic rings. The van der Waals surface area contributed by atoms with Crippen LogP contribution in [0.25, 0.3) is 0 Å². The lowest BCUT2D eigenvalue weighted by Gasteiger charge is -2.14. The third-order valence-corrected chi connectivity index (χ3v) is 3.85. The van der Waals surface area contributed by atoms with Gasteiger partial charge in [0.25, 0.3) is 0 Å². The SMILES string of the molecule is COc1cc(C(C)C)ccc1CNCC1(C#N)CC1. The summed E-state index contributed by atoms with van der Waals surface area (Å²) in [6.45, 7) is 5.89. The molecule has 0 saturated heterocycles. The second kappa shape index (κ2) is 5.63. The molecule has 0 spiro atoms. The molecule has 3 heteroatoms. The van der Waals surface area contributed by atoms with Gasteiger partial charge in [-0.1, -0.05) is 26.0 Å². The van der Waals surface area contributed by atoms with E-state index >= 15 is 0 Å². The summed E-state index contributed by atoms with van der Waals surface area (Å²) in [5.41, 5.74) is 2.35. The first kappa shape index (κ1) is 13.9. The summed E-state index contributed by atoms with van der Waals surface area (Å²) in [5, 5.41) is 12.4. The molecule has 1 aliphatic rings. The molecule has 1 fully saturated rings. The molecule has 1 aliphatic carbocycles. The summed E-state index contributed by atoms with van der Waals surface area (Å²) < 4.78 is 5.46. The van der Waals surface area contributed by atoms with Crippen molar-refractivity contribution in [3.63, 3.8) is 0 Å². The van der Waals surface area contributed by atoms with E-state index in [1.807, 2.05) is 0 Å². The van der Waals surface area contributed by atoms with Gasteiger partial charge in [0.1, 0.15) is 5.75 Å². The van der Waals surface area contributed by atoms with Gasteiger partial charge in [-0.15, -0.1) is 0 Å². The number of methoxy groups -OCH3 is 1. The average Bonchev–Trinajstić information content (AvgIpc) is 3.19. The number of hydrogen-bond acceptors (Lipinski definition) is 3. The van der Waals surface area contributed by atoms with Crippen LogP contribution in [0.2, 0.25) is 0 Å². The minimum Gasteiger partial charge on any atom is -0.496 e. The van der Waals surface area contributed by atoms with Crippen molar-refractivity contribution in [1.82, 2.24) is 5.32 Å². The highest BCUT2D eigenvalue weighted by Gasteiger charge is 2.42. The van der Waals surface area contributed by atoms with Crippen LogP contribution in [-0.2, 0) is 6.54 Å². The van der Waals surface area contributed by atoms with Crippen molar-refractivity contribution in [2.45, 2.75) is 39.2 Å². The molecular weight excluding hydrogens is 236 g/mol. The first-order valence-electron chi connectivity index (χ1n) is 6.89. The van der Waals surface area contributed by atoms with E-state index in [0.29, 0.717) is 5.92 Å². The van der Waals surface area contributed by atoms with Crippen LogP contribution >= 0.6 is 0 Å². The zero-order valence-corrected chi connectivity index (χ0v) is 12.0. The van der Waals surface area contributed by atoms with E-state index in [1.54, 1.807) is 7.11 Å². The minimum atomic E-state index is -0.0922. The van der Waals surface area contributed by atoms with Crippen molar-refractivity contribution in [2.24, 2.45) is 5.41 Å². The molecule has 102 valence electrons. The fraction of sp³-hybridized carbons (Fsp3) is 0.562. The van der Waals surface area contributed by atoms with Crippen molar-refractivity contribution in [1.29, 1.82) is 5.26 Å². The number of nitrogens with one attached hydrogen (secondary N) is 1. The molecule has 0 aromatic heterocycles. The molecule has 1 N–H and O–H groups in total. The number of nitriles is 1. The zero-order chi connectivity index (χ0) is 13.9. The maximum absolute atomic E-state index is 9.04. The molecular formula is C16H22N2O. The zero-order valence-electron chi connectivity index (χ0n) is 12.0. The average molecular weight is 258 g/mol. The van der Waals surface area contributed by atoms with Gasteiger partial charge in [0, 0.05) is 18.7 Å². The highest BCUT2D eigenvalue weighted by molar-refractivity contribution is 5.38. The molecule has 3 nitrogen and oxygen atoms in total. The molecule has 0 atom stereocenters. The Morgan fingerprint density at radius 2 is 2.16 bits per heavy atom. The predicted molar refractivity (Wildman–Crippen MR) is 76.1 cm³/mol. The summed E-state index contributed by atoms with van der Waals surface area (Å²) in [6.07, 6.45) is 2.06. The molecule has 1 saturated carbocycles. The second-order valence-electron chi connectivity index (χ2n) is 5.72. The third-order valence-electron chi connectivity index (χ3n) is 3.85. The fourth-order valence-corrected chi connectivity index (χ4v) is 2.18. The molecule has 0 amide bonds. The van der Waals surface area contributed by atoms with E-state index < -0.39 is 0 Å². The molecule has 0 aliphatic heterocycles. The lowest BCUT2D eigenvalue weighted by atomic mass is 10.0. The van der Waals surface area contributed by atoms with Crippen molar-refractivity contribution in [2.75, 3.05) is 13.7 Å². The predicted octanol–water partition coefficient (Wildman–Crippen LogP) is 3.21. The van der Waals surface area contributed by atoms with Crippen LogP contribution in [0.3, 0.4) is 0 Å². The number of nitrogens with zero attached hydrogens (tertiary/aromatic N) is 1. The van der Waals surface area contributed by atoms with Gasteiger partial charge in [-0.3, -0.25) is 0 Å². The van der Waals surface area contributed by atoms with Gasteiger partial charge in [0.15, 0.2) is 0 Å². The van der Waals surface area contributed by atoms with Crippen LogP contribution in [-0.4, -0.2) is 13.7 Å². The van der Waals surface area contributed by atoms with Crippen molar-refractivity contribution in [3.8, 4) is 11.8 Å². The van der Waals surface area contributed by atoms with Crippen LogP contribution in [0.4, 0.5) is 0 Å². The van der Waals surface area contributed by atoms with E-state index in [4.69, 9.17) is 10.00 Å². The first-order chi connectivity index (χ1) is 9.10. The Labute approximate surface area is 115 Å². The van der Waals surface area contributed by atoms with Gasteiger partial charge in [0.2, 0.25) is 0 Å². The Kier molecular flexibility index (Phi) is 4.11.